The Morgan fingerprint density at radius 2 is 1.64 bits per heavy atom. The van der Waals surface area contributed by atoms with Crippen molar-refractivity contribution in [3.8, 4) is 0 Å². The summed E-state index contributed by atoms with van der Waals surface area (Å²) in [5.74, 6) is 0. The van der Waals surface area contributed by atoms with Crippen LogP contribution in [0, 0.1) is 0 Å². The molecule has 14 heavy (non-hydrogen) atoms. The Morgan fingerprint density at radius 3 is 1.93 bits per heavy atom. The summed E-state index contributed by atoms with van der Waals surface area (Å²) in [6, 6.07) is 0. The number of quaternary nitrogens is 1. The first kappa shape index (κ1) is 16.3. The summed E-state index contributed by atoms with van der Waals surface area (Å²) in [4.78, 5) is 0. The van der Waals surface area contributed by atoms with Crippen molar-refractivity contribution in [2.45, 2.75) is 32.8 Å². The molecule has 88 valence electrons. The van der Waals surface area contributed by atoms with Gasteiger partial charge in [0.05, 0.1) is 40.9 Å². The molecule has 0 aliphatic heterocycles. The van der Waals surface area contributed by atoms with Crippen LogP contribution in [0.2, 0.25) is 0 Å². The molecule has 0 bridgehead atoms. The van der Waals surface area contributed by atoms with Gasteiger partial charge in [-0.2, -0.15) is 0 Å². The Kier molecular flexibility index (Phi) is 11.0. The lowest BCUT2D eigenvalue weighted by Crippen LogP contribution is -2.27. The fraction of sp³-hybridized carbons (Fsp3) is 1.00. The van der Waals surface area contributed by atoms with Gasteiger partial charge >= 0.3 is 0 Å². The average Bonchev–Trinajstić information content (AvgIpc) is 1.94. The van der Waals surface area contributed by atoms with Crippen LogP contribution in [0.25, 0.3) is 0 Å². The highest BCUT2D eigenvalue weighted by Crippen LogP contribution is 1.89. The molecule has 0 spiro atoms. The van der Waals surface area contributed by atoms with Crippen LogP contribution in [0.1, 0.15) is 26.7 Å². The van der Waals surface area contributed by atoms with E-state index in [9.17, 15) is 0 Å². The van der Waals surface area contributed by atoms with E-state index in [-0.39, 0.29) is 6.10 Å². The topological polar surface area (TPSA) is 29.5 Å². The summed E-state index contributed by atoms with van der Waals surface area (Å²) in [6.45, 7) is 5.10. The summed E-state index contributed by atoms with van der Waals surface area (Å²) in [6.07, 6.45) is 1.92. The number of hydrogen-bond donors (Lipinski definition) is 1. The summed E-state index contributed by atoms with van der Waals surface area (Å²) < 4.78 is 6.09. The zero-order valence-corrected chi connectivity index (χ0v) is 10.7. The van der Waals surface area contributed by atoms with Crippen molar-refractivity contribution < 1.29 is 14.3 Å². The zero-order chi connectivity index (χ0) is 11.6. The zero-order valence-electron chi connectivity index (χ0n) is 10.7. The molecule has 3 nitrogen and oxygen atoms in total. The monoisotopic (exact) mass is 206 g/mol. The summed E-state index contributed by atoms with van der Waals surface area (Å²) in [7, 11) is 8.50. The number of unbranched alkanes of at least 4 members (excludes halogenated alkanes) is 1. The van der Waals surface area contributed by atoms with Gasteiger partial charge in [-0.05, 0) is 13.3 Å². The quantitative estimate of drug-likeness (QED) is 0.546. The van der Waals surface area contributed by atoms with E-state index in [1.54, 1.807) is 6.92 Å². The number of hydrogen-bond acceptors (Lipinski definition) is 2. The third-order valence-electron chi connectivity index (χ3n) is 1.00. The van der Waals surface area contributed by atoms with Crippen molar-refractivity contribution in [2.75, 3.05) is 41.4 Å². The van der Waals surface area contributed by atoms with Crippen molar-refractivity contribution in [3.05, 3.63) is 0 Å². The lowest BCUT2D eigenvalue weighted by Gasteiger charge is -2.14. The lowest BCUT2D eigenvalue weighted by atomic mass is 10.4. The van der Waals surface area contributed by atoms with Gasteiger partial charge in [0.25, 0.3) is 0 Å². The molecule has 0 rings (SSSR count). The lowest BCUT2D eigenvalue weighted by molar-refractivity contribution is -0.849. The smallest absolute Gasteiger partial charge is 0.0745 e. The standard InChI is InChI=1S/C7H16O2.C4H12N/c1-3-4-5-9-6-7(2)8;1-5(2,3)4/h7-8H,3-6H2,1-2H3;1-4H3/q;+1. The minimum absolute atomic E-state index is 0.318. The molecule has 0 fully saturated rings. The highest BCUT2D eigenvalue weighted by atomic mass is 16.5. The molecule has 0 aliphatic carbocycles. The van der Waals surface area contributed by atoms with Gasteiger partial charge in [0.15, 0.2) is 0 Å². The van der Waals surface area contributed by atoms with Gasteiger partial charge in [0.2, 0.25) is 0 Å². The summed E-state index contributed by atoms with van der Waals surface area (Å²) in [5.41, 5.74) is 0. The van der Waals surface area contributed by atoms with Crippen LogP contribution < -0.4 is 0 Å². The number of aliphatic hydroxyl groups excluding tert-OH is 1. The van der Waals surface area contributed by atoms with Gasteiger partial charge < -0.3 is 14.3 Å². The van der Waals surface area contributed by atoms with E-state index in [1.165, 1.54) is 0 Å². The Bertz CT molecular complexity index is 102. The molecule has 1 unspecified atom stereocenters. The van der Waals surface area contributed by atoms with E-state index >= 15 is 0 Å². The van der Waals surface area contributed by atoms with Gasteiger partial charge in [-0.25, -0.2) is 0 Å². The van der Waals surface area contributed by atoms with Gasteiger partial charge in [0.1, 0.15) is 0 Å². The maximum Gasteiger partial charge on any atom is 0.0745 e. The fourth-order valence-electron chi connectivity index (χ4n) is 0.500. The third-order valence-corrected chi connectivity index (χ3v) is 1.00. The number of aliphatic hydroxyl groups is 1. The summed E-state index contributed by atoms with van der Waals surface area (Å²) >= 11 is 0. The molecule has 0 saturated heterocycles. The minimum atomic E-state index is -0.318. The number of ether oxygens (including phenoxy) is 1. The largest absolute Gasteiger partial charge is 0.391 e. The SMILES string of the molecule is CCCCOCC(C)O.C[N+](C)(C)C. The normalized spacial score (nSPS) is 13.1. The maximum atomic E-state index is 8.73. The molecule has 1 atom stereocenters. The second kappa shape index (κ2) is 9.44. The number of rotatable bonds is 5. The van der Waals surface area contributed by atoms with Crippen molar-refractivity contribution in [2.24, 2.45) is 0 Å². The second-order valence-electron chi connectivity index (χ2n) is 4.96. The molecule has 0 saturated carbocycles. The van der Waals surface area contributed by atoms with E-state index in [0.717, 1.165) is 23.9 Å². The van der Waals surface area contributed by atoms with Gasteiger partial charge in [-0.15, -0.1) is 0 Å². The molecule has 0 aromatic heterocycles. The maximum absolute atomic E-state index is 8.73. The Balaban J connectivity index is 0. The molecule has 0 aromatic carbocycles. The molecule has 3 heteroatoms. The van der Waals surface area contributed by atoms with Gasteiger partial charge in [-0.3, -0.25) is 0 Å². The van der Waals surface area contributed by atoms with E-state index in [0.29, 0.717) is 6.61 Å². The predicted octanol–water partition coefficient (Wildman–Crippen LogP) is 1.51. The average molecular weight is 206 g/mol. The first-order chi connectivity index (χ1) is 6.27. The van der Waals surface area contributed by atoms with Crippen molar-refractivity contribution in [1.82, 2.24) is 0 Å². The minimum Gasteiger partial charge on any atom is -0.391 e. The van der Waals surface area contributed by atoms with Crippen LogP contribution in [-0.2, 0) is 4.74 Å². The van der Waals surface area contributed by atoms with Gasteiger partial charge in [-0.1, -0.05) is 13.3 Å². The fourth-order valence-corrected chi connectivity index (χ4v) is 0.500. The predicted molar refractivity (Wildman–Crippen MR) is 61.4 cm³/mol. The van der Waals surface area contributed by atoms with Crippen LogP contribution in [0.5, 0.6) is 0 Å². The van der Waals surface area contributed by atoms with E-state index in [2.05, 4.69) is 35.1 Å². The highest BCUT2D eigenvalue weighted by Gasteiger charge is 1.92. The van der Waals surface area contributed by atoms with Gasteiger partial charge in [0, 0.05) is 6.61 Å². The van der Waals surface area contributed by atoms with Crippen LogP contribution in [0.4, 0.5) is 0 Å². The molecule has 0 heterocycles. The first-order valence-corrected chi connectivity index (χ1v) is 5.32. The molecular formula is C11H28NO2+. The Morgan fingerprint density at radius 1 is 1.21 bits per heavy atom. The van der Waals surface area contributed by atoms with E-state index in [4.69, 9.17) is 9.84 Å². The third kappa shape index (κ3) is 40.7. The Labute approximate surface area is 89.3 Å². The van der Waals surface area contributed by atoms with E-state index < -0.39 is 0 Å². The van der Waals surface area contributed by atoms with Crippen molar-refractivity contribution >= 4 is 0 Å². The molecule has 0 amide bonds. The van der Waals surface area contributed by atoms with Crippen LogP contribution in [-0.4, -0.2) is 57.1 Å². The first-order valence-electron chi connectivity index (χ1n) is 5.32. The molecule has 0 radical (unpaired) electrons. The Hall–Kier alpha value is -0.120. The molecular weight excluding hydrogens is 178 g/mol. The van der Waals surface area contributed by atoms with Crippen molar-refractivity contribution in [1.29, 1.82) is 0 Å². The van der Waals surface area contributed by atoms with Crippen LogP contribution >= 0.6 is 0 Å². The van der Waals surface area contributed by atoms with Crippen LogP contribution in [0.15, 0.2) is 0 Å². The second-order valence-corrected chi connectivity index (χ2v) is 4.96. The number of nitrogens with zero attached hydrogens (tertiary/aromatic N) is 1. The molecule has 0 aliphatic rings. The highest BCUT2D eigenvalue weighted by molar-refractivity contribution is 4.40. The van der Waals surface area contributed by atoms with Crippen LogP contribution in [0.3, 0.4) is 0 Å². The molecule has 0 aromatic rings. The molecule has 1 N–H and O–H groups in total. The summed E-state index contributed by atoms with van der Waals surface area (Å²) in [5, 5.41) is 8.73. The van der Waals surface area contributed by atoms with E-state index in [1.807, 2.05) is 0 Å². The van der Waals surface area contributed by atoms with Crippen molar-refractivity contribution in [3.63, 3.8) is 0 Å².